The first kappa shape index (κ1) is 11.6. The molecular formula is C13H16N2O2. The minimum Gasteiger partial charge on any atom is -0.452 e. The molecule has 0 radical (unpaired) electrons. The molecule has 1 aliphatic carbocycles. The molecule has 0 saturated carbocycles. The van der Waals surface area contributed by atoms with Crippen molar-refractivity contribution in [2.75, 3.05) is 7.11 Å². The maximum atomic E-state index is 11.0. The third-order valence-electron chi connectivity index (χ3n) is 2.91. The Balaban J connectivity index is 2.25. The molecule has 1 aromatic rings. The molecule has 0 heterocycles. The molecule has 0 atom stereocenters. The van der Waals surface area contributed by atoms with Crippen LogP contribution in [0, 0.1) is 0 Å². The van der Waals surface area contributed by atoms with Gasteiger partial charge in [0.15, 0.2) is 0 Å². The fourth-order valence-corrected chi connectivity index (χ4v) is 2.04. The van der Waals surface area contributed by atoms with E-state index >= 15 is 0 Å². The third-order valence-corrected chi connectivity index (χ3v) is 2.91. The predicted octanol–water partition coefficient (Wildman–Crippen LogP) is 2.47. The lowest BCUT2D eigenvalue weighted by atomic mass is 10.0. The molecule has 0 saturated heterocycles. The number of methoxy groups -OCH3 is 1. The molecule has 0 aliphatic heterocycles. The van der Waals surface area contributed by atoms with Crippen LogP contribution in [0.25, 0.3) is 0 Å². The van der Waals surface area contributed by atoms with Crippen LogP contribution in [0.5, 0.6) is 0 Å². The molecule has 1 aromatic carbocycles. The van der Waals surface area contributed by atoms with Crippen molar-refractivity contribution in [1.29, 1.82) is 0 Å². The normalized spacial score (nSPS) is 17.1. The predicted molar refractivity (Wildman–Crippen MR) is 66.1 cm³/mol. The van der Waals surface area contributed by atoms with Crippen LogP contribution in [0.1, 0.15) is 30.4 Å². The first-order valence-electron chi connectivity index (χ1n) is 5.80. The molecule has 0 bridgehead atoms. The second kappa shape index (κ2) is 5.48. The minimum absolute atomic E-state index is 0.528. The average Bonchev–Trinajstić information content (AvgIpc) is 2.58. The van der Waals surface area contributed by atoms with Crippen molar-refractivity contribution in [3.63, 3.8) is 0 Å². The summed E-state index contributed by atoms with van der Waals surface area (Å²) in [6.07, 6.45) is 3.69. The van der Waals surface area contributed by atoms with Gasteiger partial charge in [0.1, 0.15) is 0 Å². The van der Waals surface area contributed by atoms with Gasteiger partial charge in [0, 0.05) is 5.56 Å². The van der Waals surface area contributed by atoms with Gasteiger partial charge in [-0.1, -0.05) is 24.3 Å². The number of benzene rings is 1. The largest absolute Gasteiger partial charge is 0.452 e. The molecule has 1 aliphatic rings. The summed E-state index contributed by atoms with van der Waals surface area (Å²) in [5.41, 5.74) is 5.77. The van der Waals surface area contributed by atoms with Gasteiger partial charge in [-0.3, -0.25) is 0 Å². The van der Waals surface area contributed by atoms with Gasteiger partial charge in [0.2, 0.25) is 0 Å². The summed E-state index contributed by atoms with van der Waals surface area (Å²) < 4.78 is 4.50. The van der Waals surface area contributed by atoms with Crippen LogP contribution >= 0.6 is 0 Å². The molecule has 0 fully saturated rings. The van der Waals surface area contributed by atoms with Crippen LogP contribution in [0.15, 0.2) is 29.4 Å². The standard InChI is InChI=1S/C13H16N2O2/c1-17-13(16)15-14-12-9-5-3-7-10-6-2-4-8-11(10)12/h2,4,6,8H,3,5,7,9H2,1H3,(H,15,16)/b14-12-. The van der Waals surface area contributed by atoms with E-state index in [4.69, 9.17) is 0 Å². The summed E-state index contributed by atoms with van der Waals surface area (Å²) in [5, 5.41) is 4.15. The highest BCUT2D eigenvalue weighted by Crippen LogP contribution is 2.20. The van der Waals surface area contributed by atoms with E-state index in [0.717, 1.165) is 37.0 Å². The first-order valence-corrected chi connectivity index (χ1v) is 5.80. The zero-order valence-corrected chi connectivity index (χ0v) is 9.90. The van der Waals surface area contributed by atoms with Gasteiger partial charge < -0.3 is 4.74 Å². The van der Waals surface area contributed by atoms with Gasteiger partial charge in [-0.2, -0.15) is 5.10 Å². The Morgan fingerprint density at radius 2 is 2.06 bits per heavy atom. The van der Waals surface area contributed by atoms with Crippen molar-refractivity contribution in [1.82, 2.24) is 5.43 Å². The van der Waals surface area contributed by atoms with Crippen molar-refractivity contribution in [2.45, 2.75) is 25.7 Å². The lowest BCUT2D eigenvalue weighted by Gasteiger charge is -2.07. The minimum atomic E-state index is -0.528. The lowest BCUT2D eigenvalue weighted by Crippen LogP contribution is -2.19. The number of carbonyl (C=O) groups is 1. The van der Waals surface area contributed by atoms with Gasteiger partial charge in [0.05, 0.1) is 12.8 Å². The highest BCUT2D eigenvalue weighted by atomic mass is 16.5. The Kier molecular flexibility index (Phi) is 3.75. The summed E-state index contributed by atoms with van der Waals surface area (Å²) in [5.74, 6) is 0. The van der Waals surface area contributed by atoms with Gasteiger partial charge in [-0.25, -0.2) is 10.2 Å². The molecule has 90 valence electrons. The van der Waals surface area contributed by atoms with E-state index in [0.29, 0.717) is 0 Å². The van der Waals surface area contributed by atoms with E-state index < -0.39 is 6.09 Å². The number of ether oxygens (including phenoxy) is 1. The van der Waals surface area contributed by atoms with E-state index in [1.807, 2.05) is 12.1 Å². The molecular weight excluding hydrogens is 216 g/mol. The number of hydrogen-bond donors (Lipinski definition) is 1. The molecule has 4 nitrogen and oxygen atoms in total. The van der Waals surface area contributed by atoms with Crippen LogP contribution in [0.3, 0.4) is 0 Å². The first-order chi connectivity index (χ1) is 8.31. The summed E-state index contributed by atoms with van der Waals surface area (Å²) in [6, 6.07) is 8.21. The highest BCUT2D eigenvalue weighted by molar-refractivity contribution is 6.02. The number of rotatable bonds is 1. The zero-order chi connectivity index (χ0) is 12.1. The van der Waals surface area contributed by atoms with Crippen LogP contribution in [0.2, 0.25) is 0 Å². The maximum Gasteiger partial charge on any atom is 0.427 e. The van der Waals surface area contributed by atoms with E-state index in [9.17, 15) is 4.79 Å². The Morgan fingerprint density at radius 3 is 2.88 bits per heavy atom. The molecule has 1 N–H and O–H groups in total. The number of nitrogens with one attached hydrogen (secondary N) is 1. The third kappa shape index (κ3) is 2.84. The van der Waals surface area contributed by atoms with E-state index in [1.54, 1.807) is 0 Å². The molecule has 0 spiro atoms. The van der Waals surface area contributed by atoms with Gasteiger partial charge in [-0.15, -0.1) is 0 Å². The quantitative estimate of drug-likeness (QED) is 0.597. The topological polar surface area (TPSA) is 50.7 Å². The molecule has 0 aromatic heterocycles. The van der Waals surface area contributed by atoms with Crippen LogP contribution in [-0.4, -0.2) is 18.9 Å². The van der Waals surface area contributed by atoms with E-state index in [2.05, 4.69) is 27.4 Å². The van der Waals surface area contributed by atoms with Crippen molar-refractivity contribution >= 4 is 11.8 Å². The number of hydrogen-bond acceptors (Lipinski definition) is 3. The van der Waals surface area contributed by atoms with E-state index in [1.165, 1.54) is 12.7 Å². The van der Waals surface area contributed by atoms with Gasteiger partial charge in [-0.05, 0) is 31.2 Å². The van der Waals surface area contributed by atoms with Crippen molar-refractivity contribution in [3.05, 3.63) is 35.4 Å². The number of carbonyl (C=O) groups excluding carboxylic acids is 1. The number of hydrazone groups is 1. The Bertz CT molecular complexity index is 441. The van der Waals surface area contributed by atoms with Gasteiger partial charge in [0.25, 0.3) is 0 Å². The SMILES string of the molecule is COC(=O)N/N=C1/CCCCc2ccccc21. The van der Waals surface area contributed by atoms with Crippen molar-refractivity contribution in [3.8, 4) is 0 Å². The molecule has 17 heavy (non-hydrogen) atoms. The smallest absolute Gasteiger partial charge is 0.427 e. The molecule has 2 rings (SSSR count). The fraction of sp³-hybridized carbons (Fsp3) is 0.385. The zero-order valence-electron chi connectivity index (χ0n) is 9.90. The summed E-state index contributed by atoms with van der Waals surface area (Å²) >= 11 is 0. The number of amides is 1. The van der Waals surface area contributed by atoms with Crippen LogP contribution < -0.4 is 5.43 Å². The maximum absolute atomic E-state index is 11.0. The van der Waals surface area contributed by atoms with Gasteiger partial charge >= 0.3 is 6.09 Å². The Labute approximate surface area is 101 Å². The average molecular weight is 232 g/mol. The number of fused-ring (bicyclic) bond motifs is 1. The number of nitrogens with zero attached hydrogens (tertiary/aromatic N) is 1. The number of aryl methyl sites for hydroxylation is 1. The van der Waals surface area contributed by atoms with Crippen molar-refractivity contribution in [2.24, 2.45) is 5.10 Å². The molecule has 0 unspecified atom stereocenters. The molecule has 4 heteroatoms. The Hall–Kier alpha value is -1.84. The highest BCUT2D eigenvalue weighted by Gasteiger charge is 2.13. The molecule has 1 amide bonds. The fourth-order valence-electron chi connectivity index (χ4n) is 2.04. The Morgan fingerprint density at radius 1 is 1.29 bits per heavy atom. The van der Waals surface area contributed by atoms with E-state index in [-0.39, 0.29) is 0 Å². The second-order valence-corrected chi connectivity index (χ2v) is 4.03. The summed E-state index contributed by atoms with van der Waals surface area (Å²) in [6.45, 7) is 0. The lowest BCUT2D eigenvalue weighted by molar-refractivity contribution is 0.171. The summed E-state index contributed by atoms with van der Waals surface area (Å²) in [7, 11) is 1.33. The van der Waals surface area contributed by atoms with Crippen LogP contribution in [0.4, 0.5) is 4.79 Å². The van der Waals surface area contributed by atoms with Crippen LogP contribution in [-0.2, 0) is 11.2 Å². The second-order valence-electron chi connectivity index (χ2n) is 4.03. The van der Waals surface area contributed by atoms with Crippen molar-refractivity contribution < 1.29 is 9.53 Å². The summed E-state index contributed by atoms with van der Waals surface area (Å²) in [4.78, 5) is 11.0. The monoisotopic (exact) mass is 232 g/mol.